The molecule has 3 N–H and O–H groups in total. The normalized spacial score (nSPS) is 10.5. The summed E-state index contributed by atoms with van der Waals surface area (Å²) < 4.78 is 5.06. The fourth-order valence-corrected chi connectivity index (χ4v) is 1.73. The molecular weight excluding hydrogens is 266 g/mol. The van der Waals surface area contributed by atoms with Gasteiger partial charge in [0.25, 0.3) is 0 Å². The molecule has 0 saturated carbocycles. The predicted molar refractivity (Wildman–Crippen MR) is 83.3 cm³/mol. The van der Waals surface area contributed by atoms with Crippen LogP contribution in [0, 0.1) is 0 Å². The van der Waals surface area contributed by atoms with Crippen molar-refractivity contribution in [3.8, 4) is 5.75 Å². The number of ether oxygens (including phenoxy) is 1. The zero-order chi connectivity index (χ0) is 15.1. The predicted octanol–water partition coefficient (Wildman–Crippen LogP) is 1.97. The van der Waals surface area contributed by atoms with E-state index in [1.807, 2.05) is 36.4 Å². The van der Waals surface area contributed by atoms with Crippen molar-refractivity contribution in [2.24, 2.45) is 5.10 Å². The van der Waals surface area contributed by atoms with Gasteiger partial charge in [-0.25, -0.2) is 5.43 Å². The van der Waals surface area contributed by atoms with Crippen molar-refractivity contribution in [2.75, 3.05) is 12.8 Å². The Labute approximate surface area is 123 Å². The monoisotopic (exact) mass is 283 g/mol. The number of nitrogens with one attached hydrogen (secondary N) is 1. The molecule has 2 rings (SSSR count). The Morgan fingerprint density at radius 2 is 1.86 bits per heavy atom. The van der Waals surface area contributed by atoms with E-state index in [0.29, 0.717) is 5.69 Å². The van der Waals surface area contributed by atoms with E-state index in [1.54, 1.807) is 25.5 Å². The molecule has 0 aliphatic carbocycles. The number of hydrogen-bond acceptors (Lipinski definition) is 4. The quantitative estimate of drug-likeness (QED) is 0.500. The fourth-order valence-electron chi connectivity index (χ4n) is 1.73. The Hall–Kier alpha value is -2.82. The average Bonchev–Trinajstić information content (AvgIpc) is 2.50. The number of rotatable bonds is 5. The molecule has 0 saturated heterocycles. The molecule has 2 aromatic carbocycles. The summed E-state index contributed by atoms with van der Waals surface area (Å²) in [6, 6.07) is 14.6. The van der Waals surface area contributed by atoms with Gasteiger partial charge in [0, 0.05) is 5.69 Å². The highest BCUT2D eigenvalue weighted by molar-refractivity contribution is 5.83. The number of benzene rings is 2. The zero-order valence-corrected chi connectivity index (χ0v) is 11.7. The summed E-state index contributed by atoms with van der Waals surface area (Å²) >= 11 is 0. The molecule has 0 spiro atoms. The first-order valence-electron chi connectivity index (χ1n) is 6.48. The van der Waals surface area contributed by atoms with E-state index in [1.165, 1.54) is 0 Å². The molecule has 0 aliphatic rings. The summed E-state index contributed by atoms with van der Waals surface area (Å²) in [5.41, 5.74) is 10.5. The highest BCUT2D eigenvalue weighted by Gasteiger charge is 2.01. The average molecular weight is 283 g/mol. The lowest BCUT2D eigenvalue weighted by atomic mass is 10.1. The summed E-state index contributed by atoms with van der Waals surface area (Å²) in [4.78, 5) is 11.7. The van der Waals surface area contributed by atoms with Gasteiger partial charge in [-0.1, -0.05) is 12.1 Å². The minimum atomic E-state index is -0.176. The number of hydrogen-bond donors (Lipinski definition) is 2. The van der Waals surface area contributed by atoms with Gasteiger partial charge >= 0.3 is 0 Å². The number of carbonyl (C=O) groups is 1. The van der Waals surface area contributed by atoms with E-state index in [-0.39, 0.29) is 12.3 Å². The zero-order valence-electron chi connectivity index (χ0n) is 11.7. The van der Waals surface area contributed by atoms with E-state index in [2.05, 4.69) is 10.5 Å². The molecule has 0 radical (unpaired) electrons. The maximum atomic E-state index is 11.7. The van der Waals surface area contributed by atoms with Gasteiger partial charge in [0.1, 0.15) is 5.75 Å². The molecule has 0 aromatic heterocycles. The number of nitrogens with zero attached hydrogens (tertiary/aromatic N) is 1. The number of nitrogen functional groups attached to an aromatic ring is 1. The largest absolute Gasteiger partial charge is 0.497 e. The Balaban J connectivity index is 1.85. The van der Waals surface area contributed by atoms with Crippen molar-refractivity contribution < 1.29 is 9.53 Å². The minimum Gasteiger partial charge on any atom is -0.497 e. The van der Waals surface area contributed by atoms with Crippen LogP contribution in [0.1, 0.15) is 11.1 Å². The van der Waals surface area contributed by atoms with Crippen LogP contribution in [0.2, 0.25) is 0 Å². The Bertz CT molecular complexity index is 619. The van der Waals surface area contributed by atoms with Crippen molar-refractivity contribution in [2.45, 2.75) is 6.42 Å². The lowest BCUT2D eigenvalue weighted by Gasteiger charge is -2.01. The smallest absolute Gasteiger partial charge is 0.244 e. The molecule has 0 aliphatic heterocycles. The number of amides is 1. The highest BCUT2D eigenvalue weighted by Crippen LogP contribution is 2.09. The second-order valence-corrected chi connectivity index (χ2v) is 4.48. The van der Waals surface area contributed by atoms with Crippen LogP contribution in [0.5, 0.6) is 5.75 Å². The number of hydrazone groups is 1. The number of methoxy groups -OCH3 is 1. The topological polar surface area (TPSA) is 76.7 Å². The first kappa shape index (κ1) is 14.6. The van der Waals surface area contributed by atoms with Gasteiger partial charge in [0.05, 0.1) is 19.7 Å². The van der Waals surface area contributed by atoms with Gasteiger partial charge in [-0.15, -0.1) is 0 Å². The number of anilines is 1. The van der Waals surface area contributed by atoms with Gasteiger partial charge in [-0.2, -0.15) is 5.10 Å². The summed E-state index contributed by atoms with van der Waals surface area (Å²) in [6.07, 6.45) is 1.85. The molecule has 0 unspecified atom stereocenters. The molecule has 108 valence electrons. The maximum Gasteiger partial charge on any atom is 0.244 e. The van der Waals surface area contributed by atoms with Crippen molar-refractivity contribution in [1.29, 1.82) is 0 Å². The van der Waals surface area contributed by atoms with Crippen molar-refractivity contribution in [3.05, 3.63) is 59.7 Å². The first-order chi connectivity index (χ1) is 10.2. The molecule has 0 fully saturated rings. The Kier molecular flexibility index (Phi) is 4.93. The van der Waals surface area contributed by atoms with Crippen LogP contribution in [0.4, 0.5) is 5.69 Å². The molecule has 21 heavy (non-hydrogen) atoms. The highest BCUT2D eigenvalue weighted by atomic mass is 16.5. The van der Waals surface area contributed by atoms with Crippen molar-refractivity contribution in [3.63, 3.8) is 0 Å². The van der Waals surface area contributed by atoms with Gasteiger partial charge in [0.15, 0.2) is 0 Å². The Morgan fingerprint density at radius 1 is 1.19 bits per heavy atom. The van der Waals surface area contributed by atoms with Crippen LogP contribution in [0.25, 0.3) is 0 Å². The lowest BCUT2D eigenvalue weighted by molar-refractivity contribution is -0.120. The minimum absolute atomic E-state index is 0.176. The number of nitrogens with two attached hydrogens (primary N) is 1. The van der Waals surface area contributed by atoms with Gasteiger partial charge in [-0.3, -0.25) is 4.79 Å². The summed E-state index contributed by atoms with van der Waals surface area (Å²) in [5.74, 6) is 0.601. The summed E-state index contributed by atoms with van der Waals surface area (Å²) in [6.45, 7) is 0. The van der Waals surface area contributed by atoms with Gasteiger partial charge < -0.3 is 10.5 Å². The van der Waals surface area contributed by atoms with Crippen LogP contribution < -0.4 is 15.9 Å². The van der Waals surface area contributed by atoms with E-state index in [0.717, 1.165) is 16.9 Å². The van der Waals surface area contributed by atoms with Crippen LogP contribution in [-0.2, 0) is 11.2 Å². The molecule has 5 nitrogen and oxygen atoms in total. The third kappa shape index (κ3) is 4.65. The summed E-state index contributed by atoms with van der Waals surface area (Å²) in [7, 11) is 1.61. The molecular formula is C16H17N3O2. The molecule has 2 aromatic rings. The van der Waals surface area contributed by atoms with Crippen LogP contribution in [0.3, 0.4) is 0 Å². The molecule has 0 bridgehead atoms. The van der Waals surface area contributed by atoms with Crippen LogP contribution >= 0.6 is 0 Å². The third-order valence-electron chi connectivity index (χ3n) is 2.86. The second-order valence-electron chi connectivity index (χ2n) is 4.48. The van der Waals surface area contributed by atoms with Gasteiger partial charge in [-0.05, 0) is 47.5 Å². The molecule has 0 heterocycles. The SMILES string of the molecule is COc1ccc(/C=N/NC(=O)Cc2ccc(N)cc2)cc1. The number of carbonyl (C=O) groups excluding carboxylic acids is 1. The second kappa shape index (κ2) is 7.09. The Morgan fingerprint density at radius 3 is 2.48 bits per heavy atom. The van der Waals surface area contributed by atoms with Crippen LogP contribution in [0.15, 0.2) is 53.6 Å². The van der Waals surface area contributed by atoms with E-state index < -0.39 is 0 Å². The van der Waals surface area contributed by atoms with E-state index in [4.69, 9.17) is 10.5 Å². The standard InChI is InChI=1S/C16H17N3O2/c1-21-15-8-4-13(5-9-15)11-18-19-16(20)10-12-2-6-14(17)7-3-12/h2-9,11H,10,17H2,1H3,(H,19,20)/b18-11+. The fraction of sp³-hybridized carbons (Fsp3) is 0.125. The lowest BCUT2D eigenvalue weighted by Crippen LogP contribution is -2.19. The first-order valence-corrected chi connectivity index (χ1v) is 6.48. The van der Waals surface area contributed by atoms with Gasteiger partial charge in [0.2, 0.25) is 5.91 Å². The third-order valence-corrected chi connectivity index (χ3v) is 2.86. The van der Waals surface area contributed by atoms with Crippen molar-refractivity contribution >= 4 is 17.8 Å². The maximum absolute atomic E-state index is 11.7. The molecule has 5 heteroatoms. The molecule has 0 atom stereocenters. The van der Waals surface area contributed by atoms with E-state index >= 15 is 0 Å². The van der Waals surface area contributed by atoms with Crippen LogP contribution in [-0.4, -0.2) is 19.2 Å². The molecule has 1 amide bonds. The summed E-state index contributed by atoms with van der Waals surface area (Å²) in [5, 5.41) is 3.92. The van der Waals surface area contributed by atoms with E-state index in [9.17, 15) is 4.79 Å². The van der Waals surface area contributed by atoms with Crippen molar-refractivity contribution in [1.82, 2.24) is 5.43 Å².